The Bertz CT molecular complexity index is 360. The summed E-state index contributed by atoms with van der Waals surface area (Å²) in [5.41, 5.74) is 4.34. The van der Waals surface area contributed by atoms with Crippen molar-refractivity contribution in [2.75, 3.05) is 12.3 Å². The van der Waals surface area contributed by atoms with Crippen molar-refractivity contribution in [3.8, 4) is 0 Å². The fraction of sp³-hybridized carbons (Fsp3) is 0.538. The predicted molar refractivity (Wildman–Crippen MR) is 67.7 cm³/mol. The molecule has 2 heteroatoms. The highest BCUT2D eigenvalue weighted by Gasteiger charge is 2.20. The number of aryl methyl sites for hydroxylation is 2. The molecule has 1 atom stereocenters. The van der Waals surface area contributed by atoms with E-state index in [9.17, 15) is 0 Å². The Balaban J connectivity index is 2.38. The largest absolute Gasteiger partial charge is 0.310 e. The van der Waals surface area contributed by atoms with Crippen molar-refractivity contribution >= 4 is 11.8 Å². The molecule has 0 saturated carbocycles. The van der Waals surface area contributed by atoms with Gasteiger partial charge in [-0.15, -0.1) is 11.8 Å². The molecule has 0 spiro atoms. The Morgan fingerprint density at radius 1 is 1.33 bits per heavy atom. The third kappa shape index (κ3) is 2.21. The Labute approximate surface area is 96.7 Å². The lowest BCUT2D eigenvalue weighted by molar-refractivity contribution is 0.527. The lowest BCUT2D eigenvalue weighted by Gasteiger charge is -2.26. The predicted octanol–water partition coefficient (Wildman–Crippen LogP) is 3.45. The van der Waals surface area contributed by atoms with Crippen LogP contribution in [-0.4, -0.2) is 12.3 Å². The van der Waals surface area contributed by atoms with Crippen molar-refractivity contribution in [3.63, 3.8) is 0 Å². The second-order valence-electron chi connectivity index (χ2n) is 4.22. The molecule has 1 unspecified atom stereocenters. The minimum absolute atomic E-state index is 0.575. The monoisotopic (exact) mass is 221 g/mol. The van der Waals surface area contributed by atoms with Gasteiger partial charge >= 0.3 is 0 Å². The van der Waals surface area contributed by atoms with Crippen LogP contribution in [0, 0.1) is 13.8 Å². The van der Waals surface area contributed by atoms with Crippen molar-refractivity contribution in [1.29, 1.82) is 0 Å². The van der Waals surface area contributed by atoms with Gasteiger partial charge in [-0.05, 0) is 55.3 Å². The molecule has 1 aliphatic rings. The van der Waals surface area contributed by atoms with Crippen LogP contribution in [-0.2, 0) is 0 Å². The Morgan fingerprint density at radius 3 is 2.80 bits per heavy atom. The molecule has 2 rings (SSSR count). The van der Waals surface area contributed by atoms with E-state index in [1.807, 2.05) is 11.8 Å². The molecule has 1 aromatic carbocycles. The summed E-state index contributed by atoms with van der Waals surface area (Å²) in [4.78, 5) is 1.48. The van der Waals surface area contributed by atoms with Crippen LogP contribution in [0.15, 0.2) is 17.0 Å². The first-order valence-electron chi connectivity index (χ1n) is 5.69. The lowest BCUT2D eigenvalue weighted by atomic mass is 9.99. The maximum Gasteiger partial charge on any atom is 0.0339 e. The highest BCUT2D eigenvalue weighted by Crippen LogP contribution is 2.37. The number of benzene rings is 1. The molecule has 0 saturated heterocycles. The maximum atomic E-state index is 3.57. The van der Waals surface area contributed by atoms with Gasteiger partial charge in [0.05, 0.1) is 0 Å². The minimum atomic E-state index is 0.575. The van der Waals surface area contributed by atoms with Crippen LogP contribution in [0.3, 0.4) is 0 Å². The molecule has 0 bridgehead atoms. The summed E-state index contributed by atoms with van der Waals surface area (Å²) >= 11 is 2.00. The zero-order valence-corrected chi connectivity index (χ0v) is 10.6. The summed E-state index contributed by atoms with van der Waals surface area (Å²) in [5, 5.41) is 3.57. The van der Waals surface area contributed by atoms with Gasteiger partial charge in [0.2, 0.25) is 0 Å². The summed E-state index contributed by atoms with van der Waals surface area (Å²) in [6, 6.07) is 5.29. The van der Waals surface area contributed by atoms with E-state index in [-0.39, 0.29) is 0 Å². The third-order valence-electron chi connectivity index (χ3n) is 3.12. The van der Waals surface area contributed by atoms with Crippen molar-refractivity contribution in [2.45, 2.75) is 38.1 Å². The molecule has 82 valence electrons. The summed E-state index contributed by atoms with van der Waals surface area (Å²) in [7, 11) is 0. The number of hydrogen-bond donors (Lipinski definition) is 1. The fourth-order valence-electron chi connectivity index (χ4n) is 2.11. The SMILES string of the molecule is CCNC1CCSc2cc(C)c(C)cc21. The van der Waals surface area contributed by atoms with Gasteiger partial charge in [0.15, 0.2) is 0 Å². The van der Waals surface area contributed by atoms with Crippen molar-refractivity contribution in [2.24, 2.45) is 0 Å². The maximum absolute atomic E-state index is 3.57. The van der Waals surface area contributed by atoms with Crippen molar-refractivity contribution < 1.29 is 0 Å². The highest BCUT2D eigenvalue weighted by molar-refractivity contribution is 7.99. The zero-order chi connectivity index (χ0) is 10.8. The van der Waals surface area contributed by atoms with E-state index < -0.39 is 0 Å². The summed E-state index contributed by atoms with van der Waals surface area (Å²) in [6.07, 6.45) is 1.26. The Kier molecular flexibility index (Phi) is 3.37. The molecule has 0 fully saturated rings. The van der Waals surface area contributed by atoms with Gasteiger partial charge in [-0.2, -0.15) is 0 Å². The quantitative estimate of drug-likeness (QED) is 0.821. The van der Waals surface area contributed by atoms with E-state index >= 15 is 0 Å². The van der Waals surface area contributed by atoms with Gasteiger partial charge in [0.1, 0.15) is 0 Å². The van der Waals surface area contributed by atoms with Crippen molar-refractivity contribution in [3.05, 3.63) is 28.8 Å². The second-order valence-corrected chi connectivity index (χ2v) is 5.36. The first-order valence-corrected chi connectivity index (χ1v) is 6.68. The van der Waals surface area contributed by atoms with Crippen LogP contribution < -0.4 is 5.32 Å². The molecule has 0 aliphatic carbocycles. The first kappa shape index (κ1) is 11.0. The van der Waals surface area contributed by atoms with E-state index in [1.165, 1.54) is 33.8 Å². The summed E-state index contributed by atoms with van der Waals surface area (Å²) in [6.45, 7) is 7.65. The van der Waals surface area contributed by atoms with Gasteiger partial charge in [0, 0.05) is 10.9 Å². The van der Waals surface area contributed by atoms with Gasteiger partial charge in [-0.25, -0.2) is 0 Å². The number of hydrogen-bond acceptors (Lipinski definition) is 2. The molecule has 1 aromatic rings. The molecule has 0 aromatic heterocycles. The number of thioether (sulfide) groups is 1. The lowest BCUT2D eigenvalue weighted by Crippen LogP contribution is -2.24. The normalized spacial score (nSPS) is 20.1. The molecule has 1 aliphatic heterocycles. The van der Waals surface area contributed by atoms with Crippen LogP contribution >= 0.6 is 11.8 Å². The molecular formula is C13H19NS. The Hall–Kier alpha value is -0.470. The van der Waals surface area contributed by atoms with E-state index in [4.69, 9.17) is 0 Å². The van der Waals surface area contributed by atoms with Gasteiger partial charge < -0.3 is 5.32 Å². The fourth-order valence-corrected chi connectivity index (χ4v) is 3.31. The molecule has 1 N–H and O–H groups in total. The van der Waals surface area contributed by atoms with E-state index in [1.54, 1.807) is 0 Å². The minimum Gasteiger partial charge on any atom is -0.310 e. The average Bonchev–Trinajstić information content (AvgIpc) is 2.21. The number of rotatable bonds is 2. The summed E-state index contributed by atoms with van der Waals surface area (Å²) in [5.74, 6) is 1.24. The Morgan fingerprint density at radius 2 is 2.07 bits per heavy atom. The van der Waals surface area contributed by atoms with Gasteiger partial charge in [-0.3, -0.25) is 0 Å². The average molecular weight is 221 g/mol. The van der Waals surface area contributed by atoms with Crippen LogP contribution in [0.5, 0.6) is 0 Å². The smallest absolute Gasteiger partial charge is 0.0339 e. The molecular weight excluding hydrogens is 202 g/mol. The van der Waals surface area contributed by atoms with Gasteiger partial charge in [0.25, 0.3) is 0 Å². The topological polar surface area (TPSA) is 12.0 Å². The number of nitrogens with one attached hydrogen (secondary N) is 1. The van der Waals surface area contributed by atoms with E-state index in [0.717, 1.165) is 6.54 Å². The van der Waals surface area contributed by atoms with Gasteiger partial charge in [-0.1, -0.05) is 13.0 Å². The summed E-state index contributed by atoms with van der Waals surface area (Å²) < 4.78 is 0. The van der Waals surface area contributed by atoms with Crippen LogP contribution in [0.2, 0.25) is 0 Å². The van der Waals surface area contributed by atoms with E-state index in [0.29, 0.717) is 6.04 Å². The molecule has 0 amide bonds. The standard InChI is InChI=1S/C13H19NS/c1-4-14-12-5-6-15-13-8-10(3)9(2)7-11(12)13/h7-8,12,14H,4-6H2,1-3H3. The van der Waals surface area contributed by atoms with Crippen LogP contribution in [0.1, 0.15) is 36.1 Å². The second kappa shape index (κ2) is 4.58. The third-order valence-corrected chi connectivity index (χ3v) is 4.22. The van der Waals surface area contributed by atoms with Crippen molar-refractivity contribution in [1.82, 2.24) is 5.32 Å². The molecule has 15 heavy (non-hydrogen) atoms. The molecule has 0 radical (unpaired) electrons. The number of fused-ring (bicyclic) bond motifs is 1. The van der Waals surface area contributed by atoms with E-state index in [2.05, 4.69) is 38.2 Å². The molecule has 1 nitrogen and oxygen atoms in total. The first-order chi connectivity index (χ1) is 7.22. The molecule has 1 heterocycles. The zero-order valence-electron chi connectivity index (χ0n) is 9.76. The van der Waals surface area contributed by atoms with Crippen LogP contribution in [0.25, 0.3) is 0 Å². The van der Waals surface area contributed by atoms with Crippen LogP contribution in [0.4, 0.5) is 0 Å². The highest BCUT2D eigenvalue weighted by atomic mass is 32.2.